The summed E-state index contributed by atoms with van der Waals surface area (Å²) in [5.74, 6) is 1.62. The van der Waals surface area contributed by atoms with E-state index in [1.165, 1.54) is 11.8 Å². The molecule has 1 fully saturated rings. The number of amides is 2. The summed E-state index contributed by atoms with van der Waals surface area (Å²) in [5, 5.41) is 5.74. The molecule has 1 atom stereocenters. The van der Waals surface area contributed by atoms with E-state index in [0.717, 1.165) is 12.2 Å². The molecule has 29 heavy (non-hydrogen) atoms. The standard InChI is InChI=1S/C22H25N3O3S/c1-15(2)12-13-23-22-25-21(27)19(29-22)14-20(26)24-16-8-10-18(11-9-16)28-17-6-4-3-5-7-17/h3-11,15,19H,12-14H2,1-2H3,(H,24,26)(H,23,25,27)/t19-/m1/s1. The Morgan fingerprint density at radius 2 is 1.83 bits per heavy atom. The third-order valence-corrected chi connectivity index (χ3v) is 5.35. The Kier molecular flexibility index (Phi) is 7.30. The monoisotopic (exact) mass is 411 g/mol. The number of carbonyl (C=O) groups is 2. The first-order valence-corrected chi connectivity index (χ1v) is 10.5. The van der Waals surface area contributed by atoms with Crippen molar-refractivity contribution in [1.82, 2.24) is 5.32 Å². The van der Waals surface area contributed by atoms with Crippen LogP contribution in [0.25, 0.3) is 0 Å². The van der Waals surface area contributed by atoms with Gasteiger partial charge in [-0.15, -0.1) is 0 Å². The van der Waals surface area contributed by atoms with Gasteiger partial charge in [0.05, 0.1) is 0 Å². The van der Waals surface area contributed by atoms with Crippen molar-refractivity contribution in [2.75, 3.05) is 11.9 Å². The van der Waals surface area contributed by atoms with E-state index < -0.39 is 5.25 Å². The average molecular weight is 412 g/mol. The van der Waals surface area contributed by atoms with Crippen LogP contribution in [-0.4, -0.2) is 28.8 Å². The average Bonchev–Trinajstić information content (AvgIpc) is 3.03. The van der Waals surface area contributed by atoms with Crippen LogP contribution in [0.3, 0.4) is 0 Å². The van der Waals surface area contributed by atoms with Gasteiger partial charge in [-0.1, -0.05) is 43.8 Å². The lowest BCUT2D eigenvalue weighted by molar-refractivity contribution is -0.122. The first-order valence-electron chi connectivity index (χ1n) is 9.64. The third-order valence-electron chi connectivity index (χ3n) is 4.23. The van der Waals surface area contributed by atoms with Crippen molar-refractivity contribution >= 4 is 34.4 Å². The lowest BCUT2D eigenvalue weighted by Gasteiger charge is -2.09. The molecule has 0 saturated carbocycles. The second-order valence-electron chi connectivity index (χ2n) is 7.16. The molecule has 1 saturated heterocycles. The minimum Gasteiger partial charge on any atom is -0.457 e. The van der Waals surface area contributed by atoms with E-state index in [1.807, 2.05) is 30.3 Å². The van der Waals surface area contributed by atoms with Crippen molar-refractivity contribution in [3.8, 4) is 11.5 Å². The first-order chi connectivity index (χ1) is 14.0. The summed E-state index contributed by atoms with van der Waals surface area (Å²) in [6, 6.07) is 16.6. The maximum absolute atomic E-state index is 12.3. The van der Waals surface area contributed by atoms with Crippen molar-refractivity contribution in [2.24, 2.45) is 10.9 Å². The Hall–Kier alpha value is -2.80. The molecule has 0 aromatic heterocycles. The number of aliphatic imine (C=N–C) groups is 1. The van der Waals surface area contributed by atoms with E-state index in [9.17, 15) is 9.59 Å². The number of para-hydroxylation sites is 1. The van der Waals surface area contributed by atoms with Crippen LogP contribution in [-0.2, 0) is 9.59 Å². The van der Waals surface area contributed by atoms with Crippen LogP contribution in [0.15, 0.2) is 59.6 Å². The summed E-state index contributed by atoms with van der Waals surface area (Å²) >= 11 is 1.32. The minimum atomic E-state index is -0.450. The Morgan fingerprint density at radius 1 is 1.14 bits per heavy atom. The topological polar surface area (TPSA) is 79.8 Å². The zero-order valence-electron chi connectivity index (χ0n) is 16.6. The number of benzene rings is 2. The normalized spacial score (nSPS) is 17.4. The van der Waals surface area contributed by atoms with E-state index in [1.54, 1.807) is 24.3 Å². The van der Waals surface area contributed by atoms with Crippen molar-refractivity contribution in [3.05, 3.63) is 54.6 Å². The Balaban J connectivity index is 1.48. The third kappa shape index (κ3) is 6.64. The van der Waals surface area contributed by atoms with E-state index >= 15 is 0 Å². The second kappa shape index (κ2) is 10.1. The van der Waals surface area contributed by atoms with E-state index in [2.05, 4.69) is 29.5 Å². The van der Waals surface area contributed by atoms with Crippen LogP contribution >= 0.6 is 11.8 Å². The fourth-order valence-electron chi connectivity index (χ4n) is 2.65. The molecule has 2 aromatic carbocycles. The Labute approximate surface area is 175 Å². The predicted molar refractivity (Wildman–Crippen MR) is 117 cm³/mol. The fraction of sp³-hybridized carbons (Fsp3) is 0.318. The van der Waals surface area contributed by atoms with E-state index in [0.29, 0.717) is 29.1 Å². The molecule has 3 rings (SSSR count). The second-order valence-corrected chi connectivity index (χ2v) is 8.35. The summed E-state index contributed by atoms with van der Waals surface area (Å²) in [5.41, 5.74) is 0.657. The van der Waals surface area contributed by atoms with Gasteiger partial charge in [-0.2, -0.15) is 0 Å². The van der Waals surface area contributed by atoms with Crippen LogP contribution in [0, 0.1) is 5.92 Å². The molecule has 0 radical (unpaired) electrons. The molecule has 0 unspecified atom stereocenters. The van der Waals surface area contributed by atoms with Gasteiger partial charge < -0.3 is 15.4 Å². The molecule has 1 aliphatic heterocycles. The van der Waals surface area contributed by atoms with Gasteiger partial charge in [0, 0.05) is 18.7 Å². The summed E-state index contributed by atoms with van der Waals surface area (Å²) in [7, 11) is 0. The number of carbonyl (C=O) groups excluding carboxylic acids is 2. The van der Waals surface area contributed by atoms with Gasteiger partial charge in [0.25, 0.3) is 0 Å². The highest BCUT2D eigenvalue weighted by molar-refractivity contribution is 8.15. The highest BCUT2D eigenvalue weighted by Gasteiger charge is 2.31. The molecule has 2 aromatic rings. The summed E-state index contributed by atoms with van der Waals surface area (Å²) in [4.78, 5) is 28.8. The van der Waals surface area contributed by atoms with Crippen LogP contribution < -0.4 is 15.4 Å². The molecule has 1 heterocycles. The molecule has 0 bridgehead atoms. The van der Waals surface area contributed by atoms with Crippen molar-refractivity contribution < 1.29 is 14.3 Å². The quantitative estimate of drug-likeness (QED) is 0.673. The number of amidine groups is 1. The van der Waals surface area contributed by atoms with Gasteiger partial charge in [-0.3, -0.25) is 14.6 Å². The molecule has 6 nitrogen and oxygen atoms in total. The molecule has 7 heteroatoms. The number of nitrogens with one attached hydrogen (secondary N) is 2. The zero-order chi connectivity index (χ0) is 20.6. The van der Waals surface area contributed by atoms with Crippen LogP contribution in [0.5, 0.6) is 11.5 Å². The van der Waals surface area contributed by atoms with Gasteiger partial charge >= 0.3 is 0 Å². The van der Waals surface area contributed by atoms with E-state index in [-0.39, 0.29) is 18.2 Å². The molecule has 2 N–H and O–H groups in total. The Morgan fingerprint density at radius 3 is 2.52 bits per heavy atom. The molecular formula is C22H25N3O3S. The fourth-order valence-corrected chi connectivity index (χ4v) is 3.65. The molecule has 0 aliphatic carbocycles. The number of hydrogen-bond acceptors (Lipinski definition) is 5. The van der Waals surface area contributed by atoms with Gasteiger partial charge in [0.1, 0.15) is 16.7 Å². The minimum absolute atomic E-state index is 0.0992. The molecule has 0 spiro atoms. The largest absolute Gasteiger partial charge is 0.457 e. The summed E-state index contributed by atoms with van der Waals surface area (Å²) in [6.45, 7) is 4.94. The highest BCUT2D eigenvalue weighted by atomic mass is 32.2. The smallest absolute Gasteiger partial charge is 0.240 e. The lowest BCUT2D eigenvalue weighted by atomic mass is 10.1. The Bertz CT molecular complexity index is 867. The maximum Gasteiger partial charge on any atom is 0.240 e. The number of hydrogen-bond donors (Lipinski definition) is 2. The van der Waals surface area contributed by atoms with Crippen LogP contribution in [0.4, 0.5) is 5.69 Å². The first kappa shape index (κ1) is 20.9. The summed E-state index contributed by atoms with van der Waals surface area (Å²) < 4.78 is 5.74. The molecule has 152 valence electrons. The SMILES string of the molecule is CC(C)CCN=C1NC(=O)[C@@H](CC(=O)Nc2ccc(Oc3ccccc3)cc2)S1. The van der Waals surface area contributed by atoms with Crippen LogP contribution in [0.2, 0.25) is 0 Å². The van der Waals surface area contributed by atoms with Crippen LogP contribution in [0.1, 0.15) is 26.7 Å². The van der Waals surface area contributed by atoms with Gasteiger partial charge in [-0.05, 0) is 48.7 Å². The predicted octanol–water partition coefficient (Wildman–Crippen LogP) is 4.44. The number of anilines is 1. The van der Waals surface area contributed by atoms with Crippen molar-refractivity contribution in [3.63, 3.8) is 0 Å². The number of rotatable bonds is 8. The highest BCUT2D eigenvalue weighted by Crippen LogP contribution is 2.25. The number of ether oxygens (including phenoxy) is 1. The van der Waals surface area contributed by atoms with Gasteiger partial charge in [-0.25, -0.2) is 0 Å². The molecule has 2 amide bonds. The maximum atomic E-state index is 12.3. The van der Waals surface area contributed by atoms with Crippen molar-refractivity contribution in [2.45, 2.75) is 31.9 Å². The molecule has 1 aliphatic rings. The number of thioether (sulfide) groups is 1. The van der Waals surface area contributed by atoms with Gasteiger partial charge in [0.2, 0.25) is 11.8 Å². The molecular weight excluding hydrogens is 386 g/mol. The van der Waals surface area contributed by atoms with Crippen molar-refractivity contribution in [1.29, 1.82) is 0 Å². The zero-order valence-corrected chi connectivity index (χ0v) is 17.4. The lowest BCUT2D eigenvalue weighted by Crippen LogP contribution is -2.28. The number of nitrogens with zero attached hydrogens (tertiary/aromatic N) is 1. The van der Waals surface area contributed by atoms with Gasteiger partial charge in [0.15, 0.2) is 5.17 Å². The van der Waals surface area contributed by atoms with E-state index in [4.69, 9.17) is 4.74 Å². The summed E-state index contributed by atoms with van der Waals surface area (Å²) in [6.07, 6.45) is 1.07.